The molecule has 2 unspecified atom stereocenters. The molecule has 0 bridgehead atoms. The van der Waals surface area contributed by atoms with Gasteiger partial charge in [-0.15, -0.1) is 0 Å². The van der Waals surface area contributed by atoms with Crippen LogP contribution < -0.4 is 5.73 Å². The molecule has 1 heterocycles. The maximum atomic E-state index is 5.48. The van der Waals surface area contributed by atoms with Gasteiger partial charge in [0.1, 0.15) is 0 Å². The second kappa shape index (κ2) is 4.04. The first kappa shape index (κ1) is 8.97. The van der Waals surface area contributed by atoms with E-state index in [0.717, 1.165) is 26.2 Å². The Kier molecular flexibility index (Phi) is 3.30. The maximum Gasteiger partial charge on any atom is 0.0674 e. The van der Waals surface area contributed by atoms with Crippen LogP contribution in [-0.4, -0.2) is 43.3 Å². The van der Waals surface area contributed by atoms with Crippen LogP contribution in [0.15, 0.2) is 0 Å². The van der Waals surface area contributed by atoms with Gasteiger partial charge in [-0.1, -0.05) is 0 Å². The number of hydrogen-bond acceptors (Lipinski definition) is 3. The van der Waals surface area contributed by atoms with E-state index >= 15 is 0 Å². The van der Waals surface area contributed by atoms with Crippen molar-refractivity contribution in [1.82, 2.24) is 4.90 Å². The lowest BCUT2D eigenvalue weighted by Crippen LogP contribution is -2.48. The standard InChI is InChI=1S/C8H18N2O/c1-7-6-11-8(2)5-10(7)4-3-9/h7-8H,3-6,9H2,1-2H3. The summed E-state index contributed by atoms with van der Waals surface area (Å²) >= 11 is 0. The zero-order valence-electron chi connectivity index (χ0n) is 7.42. The topological polar surface area (TPSA) is 38.5 Å². The van der Waals surface area contributed by atoms with E-state index in [2.05, 4.69) is 18.7 Å². The molecule has 1 fully saturated rings. The molecule has 1 rings (SSSR count). The van der Waals surface area contributed by atoms with Crippen molar-refractivity contribution in [3.63, 3.8) is 0 Å². The molecule has 1 saturated heterocycles. The van der Waals surface area contributed by atoms with Gasteiger partial charge in [0.2, 0.25) is 0 Å². The molecule has 0 aliphatic carbocycles. The van der Waals surface area contributed by atoms with Crippen molar-refractivity contribution in [3.8, 4) is 0 Å². The summed E-state index contributed by atoms with van der Waals surface area (Å²) in [4.78, 5) is 2.38. The number of hydrogen-bond donors (Lipinski definition) is 1. The summed E-state index contributed by atoms with van der Waals surface area (Å²) < 4.78 is 5.48. The summed E-state index contributed by atoms with van der Waals surface area (Å²) in [5, 5.41) is 0. The number of ether oxygens (including phenoxy) is 1. The summed E-state index contributed by atoms with van der Waals surface area (Å²) in [5.74, 6) is 0. The molecule has 0 saturated carbocycles. The predicted molar refractivity (Wildman–Crippen MR) is 45.5 cm³/mol. The average molecular weight is 158 g/mol. The highest BCUT2D eigenvalue weighted by Gasteiger charge is 2.21. The molecule has 66 valence electrons. The Morgan fingerprint density at radius 2 is 2.27 bits per heavy atom. The van der Waals surface area contributed by atoms with Gasteiger partial charge in [0.25, 0.3) is 0 Å². The van der Waals surface area contributed by atoms with Gasteiger partial charge in [0.05, 0.1) is 12.7 Å². The van der Waals surface area contributed by atoms with Crippen molar-refractivity contribution in [1.29, 1.82) is 0 Å². The third kappa shape index (κ3) is 2.43. The molecule has 0 aromatic rings. The van der Waals surface area contributed by atoms with E-state index in [1.165, 1.54) is 0 Å². The fourth-order valence-electron chi connectivity index (χ4n) is 1.45. The minimum absolute atomic E-state index is 0.373. The van der Waals surface area contributed by atoms with Gasteiger partial charge < -0.3 is 10.5 Å². The molecule has 0 aromatic carbocycles. The molecule has 3 nitrogen and oxygen atoms in total. The monoisotopic (exact) mass is 158 g/mol. The SMILES string of the molecule is CC1CN(CCN)C(C)CO1. The molecule has 3 heteroatoms. The van der Waals surface area contributed by atoms with Crippen molar-refractivity contribution in [2.45, 2.75) is 26.0 Å². The second-order valence-electron chi connectivity index (χ2n) is 3.28. The van der Waals surface area contributed by atoms with Crippen LogP contribution >= 0.6 is 0 Å². The summed E-state index contributed by atoms with van der Waals surface area (Å²) in [6.07, 6.45) is 0.373. The van der Waals surface area contributed by atoms with Gasteiger partial charge in [0.15, 0.2) is 0 Å². The zero-order chi connectivity index (χ0) is 8.27. The van der Waals surface area contributed by atoms with Gasteiger partial charge in [-0.2, -0.15) is 0 Å². The smallest absolute Gasteiger partial charge is 0.0674 e. The van der Waals surface area contributed by atoms with Crippen molar-refractivity contribution < 1.29 is 4.74 Å². The van der Waals surface area contributed by atoms with E-state index in [0.29, 0.717) is 12.1 Å². The second-order valence-corrected chi connectivity index (χ2v) is 3.28. The van der Waals surface area contributed by atoms with Gasteiger partial charge >= 0.3 is 0 Å². The lowest BCUT2D eigenvalue weighted by Gasteiger charge is -2.36. The highest BCUT2D eigenvalue weighted by molar-refractivity contribution is 4.74. The van der Waals surface area contributed by atoms with Crippen LogP contribution in [0.4, 0.5) is 0 Å². The Bertz CT molecular complexity index is 119. The molecule has 2 atom stereocenters. The Morgan fingerprint density at radius 3 is 2.91 bits per heavy atom. The summed E-state index contributed by atoms with van der Waals surface area (Å²) in [7, 11) is 0. The van der Waals surface area contributed by atoms with Gasteiger partial charge in [-0.3, -0.25) is 4.90 Å². The van der Waals surface area contributed by atoms with Crippen molar-refractivity contribution >= 4 is 0 Å². The van der Waals surface area contributed by atoms with Crippen LogP contribution in [0.1, 0.15) is 13.8 Å². The normalized spacial score (nSPS) is 34.1. The molecule has 0 radical (unpaired) electrons. The number of rotatable bonds is 2. The average Bonchev–Trinajstić information content (AvgIpc) is 1.98. The third-order valence-electron chi connectivity index (χ3n) is 2.15. The number of morpholine rings is 1. The predicted octanol–water partition coefficient (Wildman–Crippen LogP) is 0.0543. The summed E-state index contributed by atoms with van der Waals surface area (Å²) in [5.41, 5.74) is 5.48. The molecule has 1 aliphatic rings. The third-order valence-corrected chi connectivity index (χ3v) is 2.15. The maximum absolute atomic E-state index is 5.48. The minimum atomic E-state index is 0.373. The first-order valence-electron chi connectivity index (χ1n) is 4.29. The Labute approximate surface area is 68.5 Å². The Balaban J connectivity index is 2.34. The van der Waals surface area contributed by atoms with E-state index in [-0.39, 0.29) is 0 Å². The zero-order valence-corrected chi connectivity index (χ0v) is 7.42. The quantitative estimate of drug-likeness (QED) is 0.617. The first-order valence-corrected chi connectivity index (χ1v) is 4.29. The van der Waals surface area contributed by atoms with Crippen LogP contribution in [0.5, 0.6) is 0 Å². The fraction of sp³-hybridized carbons (Fsp3) is 1.00. The summed E-state index contributed by atoms with van der Waals surface area (Å²) in [6, 6.07) is 0.537. The summed E-state index contributed by atoms with van der Waals surface area (Å²) in [6.45, 7) is 7.91. The fourth-order valence-corrected chi connectivity index (χ4v) is 1.45. The highest BCUT2D eigenvalue weighted by Crippen LogP contribution is 2.09. The number of nitrogens with two attached hydrogens (primary N) is 1. The lowest BCUT2D eigenvalue weighted by atomic mass is 10.2. The minimum Gasteiger partial charge on any atom is -0.376 e. The van der Waals surface area contributed by atoms with Crippen LogP contribution in [-0.2, 0) is 4.74 Å². The van der Waals surface area contributed by atoms with E-state index < -0.39 is 0 Å². The molecular formula is C8H18N2O. The molecular weight excluding hydrogens is 140 g/mol. The lowest BCUT2D eigenvalue weighted by molar-refractivity contribution is -0.0479. The van der Waals surface area contributed by atoms with Crippen molar-refractivity contribution in [2.24, 2.45) is 5.73 Å². The highest BCUT2D eigenvalue weighted by atomic mass is 16.5. The Hall–Kier alpha value is -0.120. The van der Waals surface area contributed by atoms with E-state index in [1.54, 1.807) is 0 Å². The molecule has 0 amide bonds. The first-order chi connectivity index (χ1) is 5.24. The molecule has 2 N–H and O–H groups in total. The van der Waals surface area contributed by atoms with Crippen molar-refractivity contribution in [3.05, 3.63) is 0 Å². The van der Waals surface area contributed by atoms with E-state index in [4.69, 9.17) is 10.5 Å². The van der Waals surface area contributed by atoms with Crippen LogP contribution in [0.3, 0.4) is 0 Å². The van der Waals surface area contributed by atoms with Crippen molar-refractivity contribution in [2.75, 3.05) is 26.2 Å². The van der Waals surface area contributed by atoms with Gasteiger partial charge in [0, 0.05) is 25.7 Å². The van der Waals surface area contributed by atoms with Crippen LogP contribution in [0.2, 0.25) is 0 Å². The van der Waals surface area contributed by atoms with Gasteiger partial charge in [-0.25, -0.2) is 0 Å². The van der Waals surface area contributed by atoms with E-state index in [9.17, 15) is 0 Å². The van der Waals surface area contributed by atoms with E-state index in [1.807, 2.05) is 0 Å². The molecule has 0 spiro atoms. The Morgan fingerprint density at radius 1 is 1.55 bits per heavy atom. The van der Waals surface area contributed by atoms with Gasteiger partial charge in [-0.05, 0) is 13.8 Å². The molecule has 1 aliphatic heterocycles. The molecule has 0 aromatic heterocycles. The number of nitrogens with zero attached hydrogens (tertiary/aromatic N) is 1. The largest absolute Gasteiger partial charge is 0.376 e. The van der Waals surface area contributed by atoms with Crippen LogP contribution in [0, 0.1) is 0 Å². The van der Waals surface area contributed by atoms with Crippen LogP contribution in [0.25, 0.3) is 0 Å². The molecule has 11 heavy (non-hydrogen) atoms.